The van der Waals surface area contributed by atoms with Crippen LogP contribution in [0.2, 0.25) is 0 Å². The van der Waals surface area contributed by atoms with Gasteiger partial charge >= 0.3 is 0 Å². The minimum Gasteiger partial charge on any atom is -0.494 e. The van der Waals surface area contributed by atoms with E-state index < -0.39 is 0 Å². The van der Waals surface area contributed by atoms with E-state index in [1.807, 2.05) is 30.9 Å². The largest absolute Gasteiger partial charge is 0.494 e. The molecule has 1 aliphatic heterocycles. The first kappa shape index (κ1) is 14.9. The first-order chi connectivity index (χ1) is 9.51. The van der Waals surface area contributed by atoms with Crippen LogP contribution in [-0.4, -0.2) is 24.0 Å². The van der Waals surface area contributed by atoms with Gasteiger partial charge in [0.25, 0.3) is 0 Å². The van der Waals surface area contributed by atoms with Gasteiger partial charge in [0.1, 0.15) is 5.75 Å². The average molecular weight is 276 g/mol. The number of hydrogen-bond donors (Lipinski definition) is 1. The summed E-state index contributed by atoms with van der Waals surface area (Å²) >= 11 is 0. The maximum absolute atomic E-state index is 11.9. The lowest BCUT2D eigenvalue weighted by molar-refractivity contribution is -0.128. The van der Waals surface area contributed by atoms with Crippen molar-refractivity contribution in [3.05, 3.63) is 29.3 Å². The molecule has 2 rings (SSSR count). The van der Waals surface area contributed by atoms with Crippen molar-refractivity contribution in [2.24, 2.45) is 11.7 Å². The Morgan fingerprint density at radius 2 is 2.25 bits per heavy atom. The van der Waals surface area contributed by atoms with Gasteiger partial charge in [-0.1, -0.05) is 13.0 Å². The van der Waals surface area contributed by atoms with Crippen molar-refractivity contribution in [2.75, 3.05) is 13.2 Å². The van der Waals surface area contributed by atoms with Crippen molar-refractivity contribution in [2.45, 2.75) is 39.8 Å². The maximum Gasteiger partial charge on any atom is 0.223 e. The van der Waals surface area contributed by atoms with Crippen molar-refractivity contribution in [1.29, 1.82) is 0 Å². The Balaban J connectivity index is 2.23. The van der Waals surface area contributed by atoms with Gasteiger partial charge in [-0.05, 0) is 37.5 Å². The number of carbonyl (C=O) groups is 1. The fourth-order valence-corrected chi connectivity index (χ4v) is 2.63. The summed E-state index contributed by atoms with van der Waals surface area (Å²) in [4.78, 5) is 13.8. The third-order valence-corrected chi connectivity index (χ3v) is 3.68. The normalized spacial score (nSPS) is 20.3. The van der Waals surface area contributed by atoms with E-state index in [0.29, 0.717) is 25.5 Å². The summed E-state index contributed by atoms with van der Waals surface area (Å²) in [6.45, 7) is 8.09. The topological polar surface area (TPSA) is 55.6 Å². The molecular formula is C16H24N2O2. The number of carbonyl (C=O) groups excluding carboxylic acids is 1. The SMILES string of the molecule is CCOc1ccc(C(C)N)cc1CN1CC(C)CC1=O. The molecule has 2 N–H and O–H groups in total. The van der Waals surface area contributed by atoms with Crippen LogP contribution in [0.15, 0.2) is 18.2 Å². The van der Waals surface area contributed by atoms with E-state index in [2.05, 4.69) is 13.0 Å². The zero-order chi connectivity index (χ0) is 14.7. The van der Waals surface area contributed by atoms with Crippen LogP contribution in [0.1, 0.15) is 44.4 Å². The van der Waals surface area contributed by atoms with Gasteiger partial charge in [0.15, 0.2) is 0 Å². The average Bonchev–Trinajstić information content (AvgIpc) is 2.70. The summed E-state index contributed by atoms with van der Waals surface area (Å²) < 4.78 is 5.67. The highest BCUT2D eigenvalue weighted by atomic mass is 16.5. The highest BCUT2D eigenvalue weighted by molar-refractivity contribution is 5.78. The van der Waals surface area contributed by atoms with Crippen molar-refractivity contribution in [3.63, 3.8) is 0 Å². The number of hydrogen-bond acceptors (Lipinski definition) is 3. The molecule has 0 spiro atoms. The molecule has 0 radical (unpaired) electrons. The second-order valence-electron chi connectivity index (χ2n) is 5.67. The van der Waals surface area contributed by atoms with Gasteiger partial charge in [-0.3, -0.25) is 4.79 Å². The number of nitrogens with zero attached hydrogens (tertiary/aromatic N) is 1. The summed E-state index contributed by atoms with van der Waals surface area (Å²) in [5.74, 6) is 1.52. The zero-order valence-electron chi connectivity index (χ0n) is 12.6. The van der Waals surface area contributed by atoms with Crippen LogP contribution in [0, 0.1) is 5.92 Å². The molecule has 1 fully saturated rings. The zero-order valence-corrected chi connectivity index (χ0v) is 12.6. The molecule has 2 atom stereocenters. The summed E-state index contributed by atoms with van der Waals surface area (Å²) in [5.41, 5.74) is 8.06. The predicted octanol–water partition coefficient (Wildman–Crippen LogP) is 2.47. The van der Waals surface area contributed by atoms with Crippen LogP contribution in [0.4, 0.5) is 0 Å². The maximum atomic E-state index is 11.9. The van der Waals surface area contributed by atoms with Crippen molar-refractivity contribution in [3.8, 4) is 5.75 Å². The molecule has 20 heavy (non-hydrogen) atoms. The van der Waals surface area contributed by atoms with Gasteiger partial charge in [-0.15, -0.1) is 0 Å². The number of benzene rings is 1. The van der Waals surface area contributed by atoms with E-state index in [1.54, 1.807) is 0 Å². The van der Waals surface area contributed by atoms with Gasteiger partial charge in [-0.2, -0.15) is 0 Å². The molecule has 4 heteroatoms. The molecule has 1 amide bonds. The summed E-state index contributed by atoms with van der Waals surface area (Å²) in [5, 5.41) is 0. The van der Waals surface area contributed by atoms with Crippen LogP contribution in [0.5, 0.6) is 5.75 Å². The second-order valence-corrected chi connectivity index (χ2v) is 5.67. The summed E-state index contributed by atoms with van der Waals surface area (Å²) in [6.07, 6.45) is 0.650. The van der Waals surface area contributed by atoms with E-state index in [4.69, 9.17) is 10.5 Å². The van der Waals surface area contributed by atoms with Gasteiger partial charge in [0.2, 0.25) is 5.91 Å². The fourth-order valence-electron chi connectivity index (χ4n) is 2.63. The Hall–Kier alpha value is -1.55. The lowest BCUT2D eigenvalue weighted by atomic mass is 10.0. The Morgan fingerprint density at radius 3 is 2.80 bits per heavy atom. The number of rotatable bonds is 5. The van der Waals surface area contributed by atoms with Crippen molar-refractivity contribution >= 4 is 5.91 Å². The smallest absolute Gasteiger partial charge is 0.223 e. The van der Waals surface area contributed by atoms with E-state index in [-0.39, 0.29) is 11.9 Å². The highest BCUT2D eigenvalue weighted by Crippen LogP contribution is 2.27. The van der Waals surface area contributed by atoms with Crippen LogP contribution in [0.25, 0.3) is 0 Å². The minimum atomic E-state index is -0.0161. The molecule has 0 bridgehead atoms. The van der Waals surface area contributed by atoms with Crippen molar-refractivity contribution in [1.82, 2.24) is 4.90 Å². The van der Waals surface area contributed by atoms with Crippen LogP contribution in [0.3, 0.4) is 0 Å². The number of ether oxygens (including phenoxy) is 1. The molecule has 0 aliphatic carbocycles. The lowest BCUT2D eigenvalue weighted by Crippen LogP contribution is -2.25. The Morgan fingerprint density at radius 1 is 1.50 bits per heavy atom. The van der Waals surface area contributed by atoms with E-state index >= 15 is 0 Å². The van der Waals surface area contributed by atoms with Crippen molar-refractivity contribution < 1.29 is 9.53 Å². The minimum absolute atomic E-state index is 0.0161. The molecule has 1 aromatic carbocycles. The molecule has 110 valence electrons. The molecule has 0 aromatic heterocycles. The molecule has 1 saturated heterocycles. The molecule has 4 nitrogen and oxygen atoms in total. The van der Waals surface area contributed by atoms with Gasteiger partial charge in [0, 0.05) is 31.1 Å². The molecule has 2 unspecified atom stereocenters. The molecule has 1 heterocycles. The van der Waals surface area contributed by atoms with E-state index in [1.165, 1.54) is 0 Å². The van der Waals surface area contributed by atoms with E-state index in [9.17, 15) is 4.79 Å². The third-order valence-electron chi connectivity index (χ3n) is 3.68. The second kappa shape index (κ2) is 6.27. The highest BCUT2D eigenvalue weighted by Gasteiger charge is 2.27. The molecule has 1 aromatic rings. The fraction of sp³-hybridized carbons (Fsp3) is 0.562. The Kier molecular flexibility index (Phi) is 4.65. The Labute approximate surface area is 120 Å². The molecule has 0 saturated carbocycles. The van der Waals surface area contributed by atoms with Crippen LogP contribution < -0.4 is 10.5 Å². The standard InChI is InChI=1S/C16H24N2O2/c1-4-20-15-6-5-13(12(3)17)8-14(15)10-18-9-11(2)7-16(18)19/h5-6,8,11-12H,4,7,9-10,17H2,1-3H3. The molecule has 1 aliphatic rings. The lowest BCUT2D eigenvalue weighted by Gasteiger charge is -2.20. The predicted molar refractivity (Wildman–Crippen MR) is 79.4 cm³/mol. The summed E-state index contributed by atoms with van der Waals surface area (Å²) in [6, 6.07) is 6.00. The van der Waals surface area contributed by atoms with Crippen LogP contribution >= 0.6 is 0 Å². The Bertz CT molecular complexity index is 485. The van der Waals surface area contributed by atoms with Gasteiger partial charge in [0.05, 0.1) is 6.61 Å². The third kappa shape index (κ3) is 3.31. The van der Waals surface area contributed by atoms with Gasteiger partial charge in [-0.25, -0.2) is 0 Å². The quantitative estimate of drug-likeness (QED) is 0.899. The van der Waals surface area contributed by atoms with Gasteiger partial charge < -0.3 is 15.4 Å². The first-order valence-electron chi connectivity index (χ1n) is 7.30. The number of nitrogens with two attached hydrogens (primary N) is 1. The first-order valence-corrected chi connectivity index (χ1v) is 7.30. The monoisotopic (exact) mass is 276 g/mol. The number of amides is 1. The number of likely N-dealkylation sites (tertiary alicyclic amines) is 1. The van der Waals surface area contributed by atoms with E-state index in [0.717, 1.165) is 23.4 Å². The summed E-state index contributed by atoms with van der Waals surface area (Å²) in [7, 11) is 0. The van der Waals surface area contributed by atoms with Crippen LogP contribution in [-0.2, 0) is 11.3 Å². The molecular weight excluding hydrogens is 252 g/mol.